The third-order valence-electron chi connectivity index (χ3n) is 18.3. The largest absolute Gasteiger partial charge is 0.480 e. The standard InChI is InChI=1S/C58H73FN12O12S2/c1-30-23-38-37-15-12-33-24-36(72)18-19-55(33,2)57(37,59)40(73)25-56(38,3)58(30,83)53(82)63-20-8-6-5-7-9-42(75)67-44-49(77)71-45(52(80)81)32(29-85-50(44)71)28-84-22-21-62-41(74)17-16-39(51(78)79)66-48(76)31-10-13-35(14-11-31)70(4)27-34-26-64-47-43(65-34)46(60)68-54(61)69-47/h10-14,18-19,26,30,37-40,44,50,73,83H,5-9,15-17,20-25,27-29H2,1-4H3,(H,62,74)(H,63,82)(H,66,76)(H,67,75)(H,78,79)(H,80,81)(H4,60,61,64,68,69)/t30-,37?,38+,39+,40+,44-,50-,55+,56+,57+,58+/m1/s1. The highest BCUT2D eigenvalue weighted by Gasteiger charge is 2.75. The number of hydrogen-bond acceptors (Lipinski definition) is 19. The Labute approximate surface area is 498 Å². The molecule has 2 aliphatic heterocycles. The van der Waals surface area contributed by atoms with Crippen molar-refractivity contribution in [2.75, 3.05) is 53.8 Å². The maximum atomic E-state index is 17.5. The van der Waals surface area contributed by atoms with Crippen molar-refractivity contribution < 1.29 is 63.2 Å². The van der Waals surface area contributed by atoms with Gasteiger partial charge in [-0.25, -0.2) is 23.9 Å². The minimum atomic E-state index is -2.07. The molecule has 9 rings (SSSR count). The number of unbranched alkanes of at least 4 members (excludes halogenated alkanes) is 3. The van der Waals surface area contributed by atoms with E-state index >= 15 is 4.39 Å². The van der Waals surface area contributed by atoms with Crippen LogP contribution in [0.25, 0.3) is 11.2 Å². The van der Waals surface area contributed by atoms with Crippen LogP contribution in [0.15, 0.2) is 65.5 Å². The molecule has 12 N–H and O–H groups in total. The summed E-state index contributed by atoms with van der Waals surface area (Å²) in [4.78, 5) is 123. The number of allylic oxidation sites excluding steroid dienone is 4. The molecule has 3 aromatic rings. The molecular formula is C58H73FN12O12S2. The summed E-state index contributed by atoms with van der Waals surface area (Å²) >= 11 is 2.68. The predicted molar refractivity (Wildman–Crippen MR) is 315 cm³/mol. The Bertz CT molecular complexity index is 3280. The third kappa shape index (κ3) is 11.9. The van der Waals surface area contributed by atoms with E-state index in [1.807, 2.05) is 11.0 Å². The SMILES string of the molecule is C[C@@H]1C[C@H]2C3CC=C4CC(=O)C=C[C@]4(C)[C@@]3(F)[C@@H](O)C[C@]2(C)[C@@]1(O)C(=O)NCCCCCCC(=O)N[C@@H]1C(=O)N2C(C(=O)O)=C(CSCCNC(=O)CC[C@H](NC(=O)c3ccc(N(C)Cc4cnc5nc(N)nc(N)c5n4)cc3)C(=O)O)CS[C@H]12. The molecule has 1 aromatic carbocycles. The summed E-state index contributed by atoms with van der Waals surface area (Å²) in [5.41, 5.74) is 8.48. The molecule has 3 fully saturated rings. The number of anilines is 3. The van der Waals surface area contributed by atoms with E-state index < -0.39 is 99.0 Å². The molecule has 456 valence electrons. The minimum absolute atomic E-state index is 0.0148. The highest BCUT2D eigenvalue weighted by atomic mass is 32.2. The lowest BCUT2D eigenvalue weighted by atomic mass is 9.45. The molecule has 6 aliphatic rings. The van der Waals surface area contributed by atoms with Gasteiger partial charge in [-0.2, -0.15) is 21.7 Å². The van der Waals surface area contributed by atoms with Gasteiger partial charge >= 0.3 is 11.9 Å². The molecule has 24 nitrogen and oxygen atoms in total. The Hall–Kier alpha value is -7.23. The molecule has 5 amide bonds. The third-order valence-corrected chi connectivity index (χ3v) is 20.7. The molecule has 0 bridgehead atoms. The molecule has 0 spiro atoms. The fourth-order valence-corrected chi connectivity index (χ4v) is 16.0. The molecule has 85 heavy (non-hydrogen) atoms. The first-order chi connectivity index (χ1) is 40.3. The number of carbonyl (C=O) groups excluding carboxylic acids is 6. The Balaban J connectivity index is 0.649. The number of nitrogen functional groups attached to an aromatic ring is 2. The number of carbonyl (C=O) groups is 8. The first kappa shape index (κ1) is 62.3. The Morgan fingerprint density at radius 2 is 1.71 bits per heavy atom. The lowest BCUT2D eigenvalue weighted by molar-refractivity contribution is -0.215. The van der Waals surface area contributed by atoms with Crippen molar-refractivity contribution in [2.24, 2.45) is 28.6 Å². The summed E-state index contributed by atoms with van der Waals surface area (Å²) < 4.78 is 17.5. The molecule has 1 saturated heterocycles. The van der Waals surface area contributed by atoms with Crippen LogP contribution in [0, 0.1) is 28.6 Å². The van der Waals surface area contributed by atoms with E-state index in [4.69, 9.17) is 11.5 Å². The Morgan fingerprint density at radius 1 is 0.965 bits per heavy atom. The number of carboxylic acids is 2. The number of aliphatic hydroxyl groups excluding tert-OH is 1. The number of nitrogens with zero attached hydrogens (tertiary/aromatic N) is 6. The molecule has 2 aromatic heterocycles. The highest BCUT2D eigenvalue weighted by molar-refractivity contribution is 8.01. The normalized spacial score (nSPS) is 28.6. The number of aromatic nitrogens is 4. The lowest BCUT2D eigenvalue weighted by Crippen LogP contribution is -2.70. The summed E-state index contributed by atoms with van der Waals surface area (Å²) in [6.45, 7) is 6.07. The van der Waals surface area contributed by atoms with Crippen LogP contribution in [0.2, 0.25) is 0 Å². The smallest absolute Gasteiger partial charge is 0.352 e. The fraction of sp³-hybridized carbons (Fsp3) is 0.552. The van der Waals surface area contributed by atoms with Crippen molar-refractivity contribution in [3.63, 3.8) is 0 Å². The number of ketones is 1. The van der Waals surface area contributed by atoms with Crippen LogP contribution in [0.1, 0.15) is 107 Å². The van der Waals surface area contributed by atoms with Gasteiger partial charge < -0.3 is 58.1 Å². The fourth-order valence-electron chi connectivity index (χ4n) is 13.7. The Kier molecular flexibility index (Phi) is 18.3. The van der Waals surface area contributed by atoms with Crippen molar-refractivity contribution in [3.05, 3.63) is 76.8 Å². The van der Waals surface area contributed by atoms with Crippen LogP contribution < -0.4 is 37.6 Å². The second kappa shape index (κ2) is 25.0. The molecule has 11 atom stereocenters. The molecule has 0 radical (unpaired) electrons. The van der Waals surface area contributed by atoms with Crippen molar-refractivity contribution in [2.45, 2.75) is 133 Å². The highest BCUT2D eigenvalue weighted by Crippen LogP contribution is 2.70. The van der Waals surface area contributed by atoms with E-state index in [2.05, 4.69) is 41.2 Å². The van der Waals surface area contributed by atoms with E-state index in [0.717, 1.165) is 5.69 Å². The number of halogens is 1. The van der Waals surface area contributed by atoms with Gasteiger partial charge in [-0.3, -0.25) is 33.7 Å². The van der Waals surface area contributed by atoms with Gasteiger partial charge in [0.2, 0.25) is 17.8 Å². The van der Waals surface area contributed by atoms with Gasteiger partial charge in [-0.15, -0.1) is 11.8 Å². The van der Waals surface area contributed by atoms with Crippen molar-refractivity contribution in [1.29, 1.82) is 0 Å². The number of fused-ring (bicyclic) bond motifs is 7. The number of alkyl halides is 1. The van der Waals surface area contributed by atoms with E-state index in [1.165, 1.54) is 40.7 Å². The summed E-state index contributed by atoms with van der Waals surface area (Å²) in [6, 6.07) is 4.20. The van der Waals surface area contributed by atoms with E-state index in [-0.39, 0.29) is 91.3 Å². The number of thioether (sulfide) groups is 2. The van der Waals surface area contributed by atoms with Crippen LogP contribution in [0.3, 0.4) is 0 Å². The molecule has 27 heteroatoms. The maximum Gasteiger partial charge on any atom is 0.352 e. The topological polar surface area (TPSA) is 376 Å². The summed E-state index contributed by atoms with van der Waals surface area (Å²) in [6.07, 6.45) is 7.69. The summed E-state index contributed by atoms with van der Waals surface area (Å²) in [7, 11) is 1.80. The number of aliphatic hydroxyl groups is 2. The zero-order valence-electron chi connectivity index (χ0n) is 47.8. The van der Waals surface area contributed by atoms with Gasteiger partial charge in [0.25, 0.3) is 17.7 Å². The second-order valence-corrected chi connectivity index (χ2v) is 25.7. The van der Waals surface area contributed by atoms with Gasteiger partial charge in [0, 0.05) is 84.7 Å². The van der Waals surface area contributed by atoms with E-state index in [1.54, 1.807) is 58.2 Å². The Morgan fingerprint density at radius 3 is 2.44 bits per heavy atom. The molecule has 2 saturated carbocycles. The van der Waals surface area contributed by atoms with Crippen LogP contribution >= 0.6 is 23.5 Å². The van der Waals surface area contributed by atoms with E-state index in [0.29, 0.717) is 78.9 Å². The molecule has 4 aliphatic carbocycles. The number of benzene rings is 1. The number of nitrogens with one attached hydrogen (secondary N) is 4. The van der Waals surface area contributed by atoms with E-state index in [9.17, 15) is 58.8 Å². The first-order valence-corrected chi connectivity index (χ1v) is 30.7. The minimum Gasteiger partial charge on any atom is -0.480 e. The zero-order chi connectivity index (χ0) is 61.3. The number of rotatable bonds is 24. The summed E-state index contributed by atoms with van der Waals surface area (Å²) in [5, 5.41) is 54.2. The van der Waals surface area contributed by atoms with Crippen LogP contribution in [0.5, 0.6) is 0 Å². The molecule has 1 unspecified atom stereocenters. The van der Waals surface area contributed by atoms with Crippen molar-refractivity contribution >= 4 is 99.4 Å². The van der Waals surface area contributed by atoms with Gasteiger partial charge in [-0.1, -0.05) is 44.4 Å². The van der Waals surface area contributed by atoms with Gasteiger partial charge in [-0.05, 0) is 93.2 Å². The number of amides is 5. The quantitative estimate of drug-likeness (QED) is 0.0350. The number of carboxylic acid groups (broad SMARTS) is 2. The number of hydrogen-bond donors (Lipinski definition) is 10. The van der Waals surface area contributed by atoms with Crippen LogP contribution in [-0.4, -0.2) is 165 Å². The van der Waals surface area contributed by atoms with Crippen LogP contribution in [0.4, 0.5) is 21.8 Å². The van der Waals surface area contributed by atoms with Crippen molar-refractivity contribution in [3.8, 4) is 0 Å². The predicted octanol–water partition coefficient (Wildman–Crippen LogP) is 3.19. The first-order valence-electron chi connectivity index (χ1n) is 28.5. The summed E-state index contributed by atoms with van der Waals surface area (Å²) in [5.74, 6) is -5.82. The van der Waals surface area contributed by atoms with Gasteiger partial charge in [0.05, 0.1) is 24.5 Å². The number of β-lactam (4-membered cyclic amide) rings is 1. The van der Waals surface area contributed by atoms with Crippen LogP contribution in [-0.2, 0) is 40.1 Å². The van der Waals surface area contributed by atoms with Gasteiger partial charge in [0.1, 0.15) is 23.2 Å². The second-order valence-electron chi connectivity index (χ2n) is 23.5. The average Bonchev–Trinajstić information content (AvgIpc) is 1.64. The zero-order valence-corrected chi connectivity index (χ0v) is 49.4. The van der Waals surface area contributed by atoms with Gasteiger partial charge in [0.15, 0.2) is 34.0 Å². The maximum absolute atomic E-state index is 17.5. The average molecular weight is 1210 g/mol. The monoisotopic (exact) mass is 1210 g/mol. The molecular weight excluding hydrogens is 1140 g/mol. The lowest BCUT2D eigenvalue weighted by Gasteiger charge is -2.61. The molecule has 4 heterocycles. The number of aliphatic carboxylic acids is 2. The van der Waals surface area contributed by atoms with Crippen molar-refractivity contribution in [1.82, 2.24) is 46.1 Å². The number of nitrogens with two attached hydrogens (primary N) is 2.